The number of halogens is 2. The summed E-state index contributed by atoms with van der Waals surface area (Å²) in [6.45, 7) is 5.58. The van der Waals surface area contributed by atoms with Gasteiger partial charge in [-0.3, -0.25) is 14.7 Å². The summed E-state index contributed by atoms with van der Waals surface area (Å²) in [5.74, 6) is -1.21. The Morgan fingerprint density at radius 3 is 2.81 bits per heavy atom. The van der Waals surface area contributed by atoms with Gasteiger partial charge < -0.3 is 4.74 Å². The molecule has 1 aliphatic rings. The number of nitrogens with zero attached hydrogens (tertiary/aromatic N) is 2. The molecule has 0 saturated carbocycles. The fourth-order valence-corrected chi connectivity index (χ4v) is 3.78. The lowest BCUT2D eigenvalue weighted by atomic mass is 9.77. The molecular formula is C20H22ClFN2O2. The second-order valence-corrected chi connectivity index (χ2v) is 7.30. The number of aromatic nitrogens is 1. The highest BCUT2D eigenvalue weighted by Gasteiger charge is 2.51. The molecule has 2 unspecified atom stereocenters. The van der Waals surface area contributed by atoms with Crippen molar-refractivity contribution in [1.29, 1.82) is 0 Å². The van der Waals surface area contributed by atoms with Crippen LogP contribution >= 0.6 is 11.6 Å². The van der Waals surface area contributed by atoms with Gasteiger partial charge in [0.15, 0.2) is 0 Å². The molecule has 4 nitrogen and oxygen atoms in total. The van der Waals surface area contributed by atoms with E-state index >= 15 is 0 Å². The first kappa shape index (κ1) is 18.8. The van der Waals surface area contributed by atoms with Crippen LogP contribution in [0.1, 0.15) is 31.0 Å². The number of hydrogen-bond donors (Lipinski definition) is 0. The largest absolute Gasteiger partial charge is 0.466 e. The van der Waals surface area contributed by atoms with Gasteiger partial charge in [0.25, 0.3) is 0 Å². The first-order chi connectivity index (χ1) is 12.4. The molecule has 26 heavy (non-hydrogen) atoms. The van der Waals surface area contributed by atoms with Crippen LogP contribution in [0.4, 0.5) is 4.39 Å². The van der Waals surface area contributed by atoms with Crippen LogP contribution in [0.25, 0.3) is 0 Å². The van der Waals surface area contributed by atoms with E-state index in [9.17, 15) is 9.18 Å². The van der Waals surface area contributed by atoms with Gasteiger partial charge in [-0.1, -0.05) is 41.9 Å². The maximum absolute atomic E-state index is 14.5. The average Bonchev–Trinajstić information content (AvgIpc) is 2.93. The van der Waals surface area contributed by atoms with Gasteiger partial charge in [0.1, 0.15) is 5.82 Å². The summed E-state index contributed by atoms with van der Waals surface area (Å²) in [6.07, 6.45) is 1.42. The minimum Gasteiger partial charge on any atom is -0.466 e. The summed E-state index contributed by atoms with van der Waals surface area (Å²) in [5, 5.41) is 0.239. The lowest BCUT2D eigenvalue weighted by Crippen LogP contribution is -2.37. The van der Waals surface area contributed by atoms with Crippen LogP contribution in [0.5, 0.6) is 0 Å². The molecule has 2 atom stereocenters. The molecule has 1 aliphatic heterocycles. The lowest BCUT2D eigenvalue weighted by molar-refractivity contribution is -0.154. The summed E-state index contributed by atoms with van der Waals surface area (Å²) >= 11 is 5.84. The smallest absolute Gasteiger partial charge is 0.313 e. The van der Waals surface area contributed by atoms with Crippen LogP contribution in [0.15, 0.2) is 42.6 Å². The van der Waals surface area contributed by atoms with Crippen LogP contribution in [-0.2, 0) is 16.1 Å². The highest BCUT2D eigenvalue weighted by Crippen LogP contribution is 2.44. The molecule has 6 heteroatoms. The van der Waals surface area contributed by atoms with Gasteiger partial charge in [0.05, 0.1) is 22.7 Å². The molecule has 0 spiro atoms. The van der Waals surface area contributed by atoms with Crippen molar-refractivity contribution < 1.29 is 13.9 Å². The van der Waals surface area contributed by atoms with Gasteiger partial charge in [-0.25, -0.2) is 4.39 Å². The topological polar surface area (TPSA) is 42.4 Å². The maximum Gasteiger partial charge on any atom is 0.313 e. The van der Waals surface area contributed by atoms with Crippen LogP contribution < -0.4 is 0 Å². The van der Waals surface area contributed by atoms with Crippen molar-refractivity contribution in [2.75, 3.05) is 19.7 Å². The van der Waals surface area contributed by atoms with Crippen LogP contribution in [0.3, 0.4) is 0 Å². The number of pyridine rings is 1. The Morgan fingerprint density at radius 2 is 2.15 bits per heavy atom. The zero-order chi connectivity index (χ0) is 18.7. The van der Waals surface area contributed by atoms with E-state index in [1.54, 1.807) is 6.92 Å². The number of rotatable bonds is 5. The van der Waals surface area contributed by atoms with Crippen molar-refractivity contribution in [3.05, 3.63) is 64.7 Å². The highest BCUT2D eigenvalue weighted by molar-refractivity contribution is 6.30. The van der Waals surface area contributed by atoms with E-state index < -0.39 is 17.2 Å². The van der Waals surface area contributed by atoms with E-state index in [2.05, 4.69) is 9.88 Å². The first-order valence-electron chi connectivity index (χ1n) is 8.68. The summed E-state index contributed by atoms with van der Waals surface area (Å²) < 4.78 is 19.8. The number of esters is 1. The van der Waals surface area contributed by atoms with Crippen molar-refractivity contribution in [3.8, 4) is 0 Å². The molecule has 2 heterocycles. The second-order valence-electron chi connectivity index (χ2n) is 6.87. The molecule has 0 amide bonds. The van der Waals surface area contributed by atoms with Gasteiger partial charge in [0.2, 0.25) is 0 Å². The monoisotopic (exact) mass is 376 g/mol. The van der Waals surface area contributed by atoms with Crippen molar-refractivity contribution in [3.63, 3.8) is 0 Å². The van der Waals surface area contributed by atoms with Crippen molar-refractivity contribution in [1.82, 2.24) is 9.88 Å². The molecule has 2 aromatic rings. The number of benzene rings is 1. The van der Waals surface area contributed by atoms with E-state index in [0.717, 1.165) is 5.56 Å². The second kappa shape index (κ2) is 7.72. The Kier molecular flexibility index (Phi) is 5.58. The highest BCUT2D eigenvalue weighted by atomic mass is 35.5. The molecule has 138 valence electrons. The number of carbonyl (C=O) groups excluding carboxylic acids is 1. The Labute approximate surface area is 157 Å². The number of ether oxygens (including phenoxy) is 1. The van der Waals surface area contributed by atoms with Crippen LogP contribution in [0.2, 0.25) is 5.02 Å². The third-order valence-corrected chi connectivity index (χ3v) is 5.13. The molecule has 1 aromatic carbocycles. The third-order valence-electron chi connectivity index (χ3n) is 4.92. The normalized spacial score (nSPS) is 23.2. The minimum absolute atomic E-state index is 0.239. The zero-order valence-corrected chi connectivity index (χ0v) is 15.7. The molecule has 1 aromatic heterocycles. The molecular weight excluding hydrogens is 355 g/mol. The van der Waals surface area contributed by atoms with Gasteiger partial charge in [-0.15, -0.1) is 0 Å². The summed E-state index contributed by atoms with van der Waals surface area (Å²) in [7, 11) is 0. The molecule has 1 fully saturated rings. The first-order valence-corrected chi connectivity index (χ1v) is 9.06. The molecule has 3 rings (SSSR count). The van der Waals surface area contributed by atoms with Crippen molar-refractivity contribution in [2.45, 2.75) is 26.3 Å². The molecule has 0 aliphatic carbocycles. The van der Waals surface area contributed by atoms with Crippen molar-refractivity contribution in [2.24, 2.45) is 5.41 Å². The predicted octanol–water partition coefficient (Wildman–Crippen LogP) is 4.04. The minimum atomic E-state index is -0.869. The quantitative estimate of drug-likeness (QED) is 0.738. The van der Waals surface area contributed by atoms with Crippen molar-refractivity contribution >= 4 is 17.6 Å². The Morgan fingerprint density at radius 1 is 1.42 bits per heavy atom. The predicted molar refractivity (Wildman–Crippen MR) is 98.4 cm³/mol. The van der Waals surface area contributed by atoms with E-state index in [4.69, 9.17) is 16.3 Å². The summed E-state index contributed by atoms with van der Waals surface area (Å²) in [5.41, 5.74) is 0.538. The number of carbonyl (C=O) groups is 1. The molecule has 1 saturated heterocycles. The maximum atomic E-state index is 14.5. The van der Waals surface area contributed by atoms with Gasteiger partial charge in [-0.05, 0) is 25.5 Å². The SMILES string of the molecule is CCOC(=O)C1(C)CN(Cc2ccccc2)CC1c1ncc(Cl)cc1F. The Balaban J connectivity index is 1.92. The Bertz CT molecular complexity index is 787. The number of likely N-dealkylation sites (tertiary alicyclic amines) is 1. The van der Waals surface area contributed by atoms with Crippen LogP contribution in [-0.4, -0.2) is 35.5 Å². The fourth-order valence-electron chi connectivity index (χ4n) is 3.63. The molecule has 0 N–H and O–H groups in total. The molecule has 0 bridgehead atoms. The third kappa shape index (κ3) is 3.74. The van der Waals surface area contributed by atoms with Gasteiger partial charge in [0, 0.05) is 31.7 Å². The summed E-state index contributed by atoms with van der Waals surface area (Å²) in [6, 6.07) is 11.2. The number of hydrogen-bond acceptors (Lipinski definition) is 4. The standard InChI is InChI=1S/C20H22ClFN2O2/c1-3-26-19(25)20(2)13-24(11-14-7-5-4-6-8-14)12-16(20)18-17(22)9-15(21)10-23-18/h4-10,16H,3,11-13H2,1-2H3. The van der Waals surface area contributed by atoms with Crippen LogP contribution in [0, 0.1) is 11.2 Å². The summed E-state index contributed by atoms with van der Waals surface area (Å²) in [4.78, 5) is 19.0. The van der Waals surface area contributed by atoms with E-state index in [-0.39, 0.29) is 23.3 Å². The van der Waals surface area contributed by atoms with E-state index in [0.29, 0.717) is 19.6 Å². The molecule has 0 radical (unpaired) electrons. The fraction of sp³-hybridized carbons (Fsp3) is 0.400. The van der Waals surface area contributed by atoms with E-state index in [1.165, 1.54) is 12.3 Å². The average molecular weight is 377 g/mol. The van der Waals surface area contributed by atoms with Gasteiger partial charge in [-0.2, -0.15) is 0 Å². The van der Waals surface area contributed by atoms with Gasteiger partial charge >= 0.3 is 5.97 Å². The van der Waals surface area contributed by atoms with E-state index in [1.807, 2.05) is 37.3 Å². The zero-order valence-electron chi connectivity index (χ0n) is 14.9. The Hall–Kier alpha value is -1.98. The lowest BCUT2D eigenvalue weighted by Gasteiger charge is -2.28.